The van der Waals surface area contributed by atoms with Crippen molar-refractivity contribution in [3.8, 4) is 0 Å². The van der Waals surface area contributed by atoms with E-state index >= 15 is 0 Å². The van der Waals surface area contributed by atoms with Gasteiger partial charge in [0.1, 0.15) is 6.61 Å². The van der Waals surface area contributed by atoms with E-state index in [1.807, 2.05) is 0 Å². The standard InChI is InChI=1S/C12H16F6O4/c1-5-9(3,4)8(20)21-6-10(11(13,14)15,12(16,17)18)22-7(2)19/h5-6H2,1-4H3. The molecular formula is C12H16F6O4. The number of hydrogen-bond donors (Lipinski definition) is 0. The summed E-state index contributed by atoms with van der Waals surface area (Å²) in [6.45, 7) is 2.30. The molecule has 4 nitrogen and oxygen atoms in total. The van der Waals surface area contributed by atoms with Crippen LogP contribution in [0.3, 0.4) is 0 Å². The second kappa shape index (κ2) is 6.33. The Morgan fingerprint density at radius 3 is 1.64 bits per heavy atom. The average molecular weight is 338 g/mol. The first kappa shape index (κ1) is 20.5. The van der Waals surface area contributed by atoms with Crippen LogP contribution in [-0.4, -0.2) is 36.5 Å². The van der Waals surface area contributed by atoms with Gasteiger partial charge in [-0.2, -0.15) is 26.3 Å². The van der Waals surface area contributed by atoms with E-state index in [2.05, 4.69) is 9.47 Å². The lowest BCUT2D eigenvalue weighted by Gasteiger charge is -2.36. The highest BCUT2D eigenvalue weighted by molar-refractivity contribution is 5.76. The molecule has 130 valence electrons. The summed E-state index contributed by atoms with van der Waals surface area (Å²) < 4.78 is 84.9. The molecular weight excluding hydrogens is 322 g/mol. The third kappa shape index (κ3) is 4.26. The molecule has 10 heteroatoms. The first-order valence-electron chi connectivity index (χ1n) is 6.11. The van der Waals surface area contributed by atoms with Crippen LogP contribution >= 0.6 is 0 Å². The molecule has 0 N–H and O–H groups in total. The Bertz CT molecular complexity index is 410. The molecule has 0 aromatic rings. The van der Waals surface area contributed by atoms with Gasteiger partial charge in [0.25, 0.3) is 0 Å². The summed E-state index contributed by atoms with van der Waals surface area (Å²) >= 11 is 0. The first-order valence-corrected chi connectivity index (χ1v) is 6.11. The van der Waals surface area contributed by atoms with Gasteiger partial charge < -0.3 is 9.47 Å². The van der Waals surface area contributed by atoms with E-state index in [1.54, 1.807) is 0 Å². The number of carbonyl (C=O) groups excluding carboxylic acids is 2. The molecule has 0 saturated carbocycles. The van der Waals surface area contributed by atoms with E-state index in [-0.39, 0.29) is 6.42 Å². The molecule has 0 aromatic heterocycles. The van der Waals surface area contributed by atoms with Crippen LogP contribution in [0, 0.1) is 5.41 Å². The van der Waals surface area contributed by atoms with Gasteiger partial charge in [-0.15, -0.1) is 0 Å². The van der Waals surface area contributed by atoms with E-state index in [0.717, 1.165) is 0 Å². The highest BCUT2D eigenvalue weighted by atomic mass is 19.4. The van der Waals surface area contributed by atoms with Gasteiger partial charge in [0.15, 0.2) is 0 Å². The number of halogens is 6. The van der Waals surface area contributed by atoms with Crippen LogP contribution in [-0.2, 0) is 19.1 Å². The van der Waals surface area contributed by atoms with Crippen LogP contribution in [0.2, 0.25) is 0 Å². The van der Waals surface area contributed by atoms with Gasteiger partial charge in [0, 0.05) is 6.92 Å². The maximum atomic E-state index is 12.9. The summed E-state index contributed by atoms with van der Waals surface area (Å²) in [6, 6.07) is 0. The van der Waals surface area contributed by atoms with Crippen LogP contribution in [0.1, 0.15) is 34.1 Å². The highest BCUT2D eigenvalue weighted by Crippen LogP contribution is 2.46. The van der Waals surface area contributed by atoms with Crippen LogP contribution < -0.4 is 0 Å². The number of rotatable bonds is 5. The summed E-state index contributed by atoms with van der Waals surface area (Å²) in [7, 11) is 0. The van der Waals surface area contributed by atoms with E-state index in [1.165, 1.54) is 20.8 Å². The first-order chi connectivity index (χ1) is 9.60. The van der Waals surface area contributed by atoms with E-state index in [0.29, 0.717) is 6.92 Å². The fraction of sp³-hybridized carbons (Fsp3) is 0.833. The minimum atomic E-state index is -6.01. The van der Waals surface area contributed by atoms with Crippen molar-refractivity contribution >= 4 is 11.9 Å². The molecule has 0 spiro atoms. The Morgan fingerprint density at radius 1 is 0.955 bits per heavy atom. The van der Waals surface area contributed by atoms with Crippen molar-refractivity contribution in [3.63, 3.8) is 0 Å². The smallest absolute Gasteiger partial charge is 0.441 e. The molecule has 0 bridgehead atoms. The van der Waals surface area contributed by atoms with Crippen LogP contribution in [0.15, 0.2) is 0 Å². The normalized spacial score (nSPS) is 13.7. The summed E-state index contributed by atoms with van der Waals surface area (Å²) in [5.41, 5.74) is -6.18. The average Bonchev–Trinajstić information content (AvgIpc) is 2.30. The second-order valence-corrected chi connectivity index (χ2v) is 5.23. The number of alkyl halides is 6. The third-order valence-corrected chi connectivity index (χ3v) is 3.08. The molecule has 0 atom stereocenters. The summed E-state index contributed by atoms with van der Waals surface area (Å²) in [5.74, 6) is -3.07. The van der Waals surface area contributed by atoms with Gasteiger partial charge in [-0.25, -0.2) is 0 Å². The van der Waals surface area contributed by atoms with Crippen molar-refractivity contribution in [2.75, 3.05) is 6.61 Å². The summed E-state index contributed by atoms with van der Waals surface area (Å²) in [4.78, 5) is 22.3. The Kier molecular flexibility index (Phi) is 5.90. The maximum absolute atomic E-state index is 12.9. The molecule has 0 aliphatic carbocycles. The van der Waals surface area contributed by atoms with Crippen molar-refractivity contribution in [3.05, 3.63) is 0 Å². The third-order valence-electron chi connectivity index (χ3n) is 3.08. The molecule has 0 amide bonds. The summed E-state index contributed by atoms with van der Waals surface area (Å²) in [5, 5.41) is 0. The van der Waals surface area contributed by atoms with Crippen LogP contribution in [0.25, 0.3) is 0 Å². The maximum Gasteiger partial charge on any atom is 0.441 e. The number of carbonyl (C=O) groups is 2. The van der Waals surface area contributed by atoms with Gasteiger partial charge in [0.05, 0.1) is 5.41 Å². The predicted octanol–water partition coefficient (Wildman–Crippen LogP) is 3.39. The lowest BCUT2D eigenvalue weighted by Crippen LogP contribution is -2.62. The lowest BCUT2D eigenvalue weighted by atomic mass is 9.90. The lowest BCUT2D eigenvalue weighted by molar-refractivity contribution is -0.377. The van der Waals surface area contributed by atoms with Crippen LogP contribution in [0.5, 0.6) is 0 Å². The molecule has 0 fully saturated rings. The molecule has 0 radical (unpaired) electrons. The number of ether oxygens (including phenoxy) is 2. The Balaban J connectivity index is 5.61. The largest absolute Gasteiger partial charge is 0.460 e. The molecule has 0 aliphatic rings. The topological polar surface area (TPSA) is 52.6 Å². The SMILES string of the molecule is CCC(C)(C)C(=O)OCC(OC(C)=O)(C(F)(F)F)C(F)(F)F. The number of hydrogen-bond acceptors (Lipinski definition) is 4. The van der Waals surface area contributed by atoms with E-state index < -0.39 is 41.9 Å². The minimum Gasteiger partial charge on any atom is -0.460 e. The van der Waals surface area contributed by atoms with E-state index in [9.17, 15) is 35.9 Å². The van der Waals surface area contributed by atoms with Crippen molar-refractivity contribution in [2.45, 2.75) is 52.1 Å². The predicted molar refractivity (Wildman–Crippen MR) is 61.6 cm³/mol. The fourth-order valence-electron chi connectivity index (χ4n) is 1.22. The zero-order valence-electron chi connectivity index (χ0n) is 12.3. The zero-order chi connectivity index (χ0) is 18.0. The quantitative estimate of drug-likeness (QED) is 0.570. The Morgan fingerprint density at radius 2 is 1.36 bits per heavy atom. The molecule has 0 aromatic carbocycles. The van der Waals surface area contributed by atoms with Gasteiger partial charge in [-0.1, -0.05) is 6.92 Å². The highest BCUT2D eigenvalue weighted by Gasteiger charge is 2.75. The van der Waals surface area contributed by atoms with E-state index in [4.69, 9.17) is 0 Å². The molecule has 0 rings (SSSR count). The van der Waals surface area contributed by atoms with Crippen LogP contribution in [0.4, 0.5) is 26.3 Å². The second-order valence-electron chi connectivity index (χ2n) is 5.23. The number of esters is 2. The van der Waals surface area contributed by atoms with Crippen molar-refractivity contribution in [1.82, 2.24) is 0 Å². The fourth-order valence-corrected chi connectivity index (χ4v) is 1.22. The van der Waals surface area contributed by atoms with Crippen molar-refractivity contribution in [1.29, 1.82) is 0 Å². The Hall–Kier alpha value is -1.48. The molecule has 0 aliphatic heterocycles. The zero-order valence-corrected chi connectivity index (χ0v) is 12.3. The Labute approximate surface area is 122 Å². The molecule has 0 saturated heterocycles. The van der Waals surface area contributed by atoms with Gasteiger partial charge in [-0.05, 0) is 20.3 Å². The molecule has 0 heterocycles. The molecule has 0 unspecified atom stereocenters. The molecule has 22 heavy (non-hydrogen) atoms. The summed E-state index contributed by atoms with van der Waals surface area (Å²) in [6.07, 6.45) is -11.9. The van der Waals surface area contributed by atoms with Crippen molar-refractivity contribution < 1.29 is 45.4 Å². The monoisotopic (exact) mass is 338 g/mol. The van der Waals surface area contributed by atoms with Gasteiger partial charge in [0.2, 0.25) is 0 Å². The van der Waals surface area contributed by atoms with Gasteiger partial charge >= 0.3 is 29.9 Å². The van der Waals surface area contributed by atoms with Gasteiger partial charge in [-0.3, -0.25) is 9.59 Å². The van der Waals surface area contributed by atoms with Crippen molar-refractivity contribution in [2.24, 2.45) is 5.41 Å². The minimum absolute atomic E-state index is 0.129.